The molecule has 2 N–H and O–H groups in total. The van der Waals surface area contributed by atoms with Gasteiger partial charge in [-0.3, -0.25) is 14.7 Å². The Bertz CT molecular complexity index is 1220. The first kappa shape index (κ1) is 25.2. The number of thiophene rings is 1. The third kappa shape index (κ3) is 6.21. The first-order valence-corrected chi connectivity index (χ1v) is 12.8. The number of benzene rings is 1. The van der Waals surface area contributed by atoms with Gasteiger partial charge in [0, 0.05) is 11.6 Å². The molecule has 4 rings (SSSR count). The van der Waals surface area contributed by atoms with Crippen LogP contribution < -0.4 is 4.74 Å². The largest absolute Gasteiger partial charge is 0.497 e. The number of hydrogen-bond donors (Lipinski definition) is 2. The van der Waals surface area contributed by atoms with Crippen LogP contribution in [0.15, 0.2) is 41.9 Å². The maximum absolute atomic E-state index is 11.8. The number of ether oxygens (including phenoxy) is 1. The van der Waals surface area contributed by atoms with Gasteiger partial charge in [-0.1, -0.05) is 17.9 Å². The van der Waals surface area contributed by atoms with E-state index in [4.69, 9.17) is 4.74 Å². The molecule has 35 heavy (non-hydrogen) atoms. The second-order valence-electron chi connectivity index (χ2n) is 9.42. The number of rotatable bonds is 8. The van der Waals surface area contributed by atoms with Gasteiger partial charge in [0.25, 0.3) is 0 Å². The quantitative estimate of drug-likeness (QED) is 0.429. The number of likely N-dealkylation sites (tertiary alicyclic amines) is 1. The van der Waals surface area contributed by atoms with Gasteiger partial charge in [-0.05, 0) is 91.9 Å². The predicted octanol–water partition coefficient (Wildman–Crippen LogP) is 5.04. The molecule has 2 aromatic heterocycles. The maximum Gasteiger partial charge on any atom is 0.303 e. The van der Waals surface area contributed by atoms with Crippen LogP contribution in [0.4, 0.5) is 0 Å². The number of carbonyl (C=O) groups is 1. The number of aryl methyl sites for hydroxylation is 1. The second kappa shape index (κ2) is 11.2. The standard InChI is InChI=1S/C28H32N2O4S/c1-20-19-29-24-8-7-21(34-2)17-23(24)27(20)25(31)9-10-28(18-26(32)33)11-14-30(15-12-28)13-3-5-22-6-4-16-35-22/h4,6-8,16-17,19,25,31H,9-15,18H2,1-2H3,(H,32,33)/t25-/m1/s1. The molecule has 0 bridgehead atoms. The van der Waals surface area contributed by atoms with Crippen LogP contribution in [-0.2, 0) is 4.79 Å². The number of aliphatic hydroxyl groups is 1. The number of fused-ring (bicyclic) bond motifs is 1. The topological polar surface area (TPSA) is 82.9 Å². The summed E-state index contributed by atoms with van der Waals surface area (Å²) in [6, 6.07) is 9.68. The van der Waals surface area contributed by atoms with Gasteiger partial charge < -0.3 is 14.9 Å². The summed E-state index contributed by atoms with van der Waals surface area (Å²) in [6.07, 6.45) is 3.94. The molecule has 0 radical (unpaired) electrons. The fraction of sp³-hybridized carbons (Fsp3) is 0.429. The number of carboxylic acids is 1. The molecule has 3 heterocycles. The molecule has 1 aliphatic rings. The van der Waals surface area contributed by atoms with E-state index in [1.54, 1.807) is 24.6 Å². The van der Waals surface area contributed by atoms with Gasteiger partial charge in [-0.2, -0.15) is 0 Å². The maximum atomic E-state index is 11.8. The van der Waals surface area contributed by atoms with Crippen molar-refractivity contribution in [3.63, 3.8) is 0 Å². The lowest BCUT2D eigenvalue weighted by Crippen LogP contribution is -2.41. The van der Waals surface area contributed by atoms with Gasteiger partial charge in [0.1, 0.15) is 5.75 Å². The molecule has 6 nitrogen and oxygen atoms in total. The highest BCUT2D eigenvalue weighted by Crippen LogP contribution is 2.42. The van der Waals surface area contributed by atoms with Crippen molar-refractivity contribution in [2.24, 2.45) is 5.41 Å². The highest BCUT2D eigenvalue weighted by atomic mass is 32.1. The lowest BCUT2D eigenvalue weighted by atomic mass is 9.71. The van der Waals surface area contributed by atoms with Crippen LogP contribution in [0.25, 0.3) is 10.9 Å². The molecule has 0 amide bonds. The number of hydrogen-bond acceptors (Lipinski definition) is 6. The van der Waals surface area contributed by atoms with Crippen LogP contribution in [0, 0.1) is 24.2 Å². The summed E-state index contributed by atoms with van der Waals surface area (Å²) in [5, 5.41) is 23.8. The number of carboxylic acid groups (broad SMARTS) is 1. The zero-order valence-electron chi connectivity index (χ0n) is 20.3. The van der Waals surface area contributed by atoms with Gasteiger partial charge in [0.2, 0.25) is 0 Å². The number of nitrogens with zero attached hydrogens (tertiary/aromatic N) is 2. The molecule has 1 atom stereocenters. The van der Waals surface area contributed by atoms with E-state index in [2.05, 4.69) is 21.7 Å². The normalized spacial score (nSPS) is 16.4. The highest BCUT2D eigenvalue weighted by molar-refractivity contribution is 7.10. The summed E-state index contributed by atoms with van der Waals surface area (Å²) in [6.45, 7) is 4.27. The minimum Gasteiger partial charge on any atom is -0.497 e. The van der Waals surface area contributed by atoms with Crippen LogP contribution in [0.1, 0.15) is 54.2 Å². The average molecular weight is 493 g/mol. The zero-order chi connectivity index (χ0) is 24.8. The highest BCUT2D eigenvalue weighted by Gasteiger charge is 2.37. The molecule has 0 spiro atoms. The third-order valence-electron chi connectivity index (χ3n) is 7.08. The molecule has 0 unspecified atom stereocenters. The van der Waals surface area contributed by atoms with Gasteiger partial charge in [0.15, 0.2) is 0 Å². The molecule has 1 fully saturated rings. The van der Waals surface area contributed by atoms with Gasteiger partial charge in [-0.25, -0.2) is 0 Å². The molecule has 0 aliphatic carbocycles. The Balaban J connectivity index is 1.44. The summed E-state index contributed by atoms with van der Waals surface area (Å²) >= 11 is 1.64. The third-order valence-corrected chi connectivity index (χ3v) is 7.86. The van der Waals surface area contributed by atoms with E-state index in [9.17, 15) is 15.0 Å². The fourth-order valence-electron chi connectivity index (χ4n) is 5.06. The summed E-state index contributed by atoms with van der Waals surface area (Å²) in [4.78, 5) is 19.6. The average Bonchev–Trinajstić information content (AvgIpc) is 3.36. The first-order valence-electron chi connectivity index (χ1n) is 12.0. The molecule has 0 saturated carbocycles. The van der Waals surface area contributed by atoms with Gasteiger partial charge in [0.05, 0.1) is 36.6 Å². The smallest absolute Gasteiger partial charge is 0.303 e. The lowest BCUT2D eigenvalue weighted by Gasteiger charge is -2.41. The van der Waals surface area contributed by atoms with E-state index in [0.717, 1.165) is 58.6 Å². The minimum absolute atomic E-state index is 0.123. The van der Waals surface area contributed by atoms with E-state index in [1.807, 2.05) is 42.6 Å². The molecular weight excluding hydrogens is 460 g/mol. The number of aromatic nitrogens is 1. The molecule has 184 valence electrons. The van der Waals surface area contributed by atoms with Crippen molar-refractivity contribution in [2.75, 3.05) is 26.7 Å². The van der Waals surface area contributed by atoms with Crippen LogP contribution >= 0.6 is 11.3 Å². The summed E-state index contributed by atoms with van der Waals surface area (Å²) in [5.74, 6) is 6.38. The molecule has 1 aliphatic heterocycles. The summed E-state index contributed by atoms with van der Waals surface area (Å²) in [7, 11) is 1.62. The monoisotopic (exact) mass is 492 g/mol. The van der Waals surface area contributed by atoms with E-state index in [-0.39, 0.29) is 11.8 Å². The number of pyridine rings is 1. The van der Waals surface area contributed by atoms with Gasteiger partial charge >= 0.3 is 5.97 Å². The Morgan fingerprint density at radius 3 is 2.80 bits per heavy atom. The van der Waals surface area contributed by atoms with Crippen LogP contribution in [0.3, 0.4) is 0 Å². The summed E-state index contributed by atoms with van der Waals surface area (Å²) < 4.78 is 5.38. The van der Waals surface area contributed by atoms with Crippen molar-refractivity contribution < 1.29 is 19.7 Å². The zero-order valence-corrected chi connectivity index (χ0v) is 21.1. The van der Waals surface area contributed by atoms with Crippen LogP contribution in [-0.4, -0.2) is 52.8 Å². The SMILES string of the molecule is COc1ccc2ncc(C)c([C@H](O)CCC3(CC(=O)O)CCN(CC#Cc4cccs4)CC3)c2c1. The molecule has 7 heteroatoms. The number of methoxy groups -OCH3 is 1. The Morgan fingerprint density at radius 1 is 1.31 bits per heavy atom. The van der Waals surface area contributed by atoms with Crippen molar-refractivity contribution in [2.45, 2.75) is 45.1 Å². The number of aliphatic carboxylic acids is 1. The first-order chi connectivity index (χ1) is 16.9. The second-order valence-corrected chi connectivity index (χ2v) is 10.4. The molecule has 3 aromatic rings. The molecule has 1 aromatic carbocycles. The molecular formula is C28H32N2O4S. The predicted molar refractivity (Wildman–Crippen MR) is 139 cm³/mol. The summed E-state index contributed by atoms with van der Waals surface area (Å²) in [5.41, 5.74) is 2.26. The Morgan fingerprint density at radius 2 is 2.11 bits per heavy atom. The van der Waals surface area contributed by atoms with Crippen molar-refractivity contribution in [3.8, 4) is 17.6 Å². The van der Waals surface area contributed by atoms with E-state index >= 15 is 0 Å². The van der Waals surface area contributed by atoms with Gasteiger partial charge in [-0.15, -0.1) is 11.3 Å². The number of piperidine rings is 1. The van der Waals surface area contributed by atoms with E-state index in [1.165, 1.54) is 0 Å². The van der Waals surface area contributed by atoms with Crippen molar-refractivity contribution in [3.05, 3.63) is 57.9 Å². The van der Waals surface area contributed by atoms with Crippen molar-refractivity contribution in [1.82, 2.24) is 9.88 Å². The van der Waals surface area contributed by atoms with E-state index < -0.39 is 12.1 Å². The Kier molecular flexibility index (Phi) is 8.07. The minimum atomic E-state index is -0.777. The molecule has 1 saturated heterocycles. The van der Waals surface area contributed by atoms with Crippen LogP contribution in [0.5, 0.6) is 5.75 Å². The number of aliphatic hydroxyl groups excluding tert-OH is 1. The van der Waals surface area contributed by atoms with Crippen molar-refractivity contribution in [1.29, 1.82) is 0 Å². The van der Waals surface area contributed by atoms with Crippen LogP contribution in [0.2, 0.25) is 0 Å². The Hall–Kier alpha value is -2.92. The Labute approximate surface area is 210 Å². The lowest BCUT2D eigenvalue weighted by molar-refractivity contribution is -0.141. The van der Waals surface area contributed by atoms with Crippen molar-refractivity contribution >= 4 is 28.2 Å². The van der Waals surface area contributed by atoms with E-state index in [0.29, 0.717) is 19.4 Å². The fourth-order valence-corrected chi connectivity index (χ4v) is 5.65.